The summed E-state index contributed by atoms with van der Waals surface area (Å²) >= 11 is 0. The number of phenolic OH excluding ortho intramolecular Hbond substituents is 1. The van der Waals surface area contributed by atoms with E-state index in [0.717, 1.165) is 0 Å². The van der Waals surface area contributed by atoms with Gasteiger partial charge in [0, 0.05) is 17.3 Å². The van der Waals surface area contributed by atoms with Crippen LogP contribution in [0.2, 0.25) is 0 Å². The predicted molar refractivity (Wildman–Crippen MR) is 99.4 cm³/mol. The average Bonchev–Trinajstić information content (AvgIpc) is 2.64. The van der Waals surface area contributed by atoms with Gasteiger partial charge >= 0.3 is 11.8 Å². The molecule has 0 aliphatic carbocycles. The number of carbonyl (C=O) groups excluding carboxylic acids is 2. The van der Waals surface area contributed by atoms with Crippen LogP contribution >= 0.6 is 0 Å². The molecule has 0 bridgehead atoms. The molecule has 0 radical (unpaired) electrons. The first-order valence-electron chi connectivity index (χ1n) is 7.75. The number of allylic oxidation sites excluding steroid dienone is 1. The lowest BCUT2D eigenvalue weighted by Gasteiger charge is -2.06. The quantitative estimate of drug-likeness (QED) is 0.321. The highest BCUT2D eigenvalue weighted by Gasteiger charge is 2.13. The van der Waals surface area contributed by atoms with Gasteiger partial charge in [0.1, 0.15) is 11.5 Å². The number of phenols is 1. The van der Waals surface area contributed by atoms with Crippen LogP contribution < -0.4 is 15.5 Å². The van der Waals surface area contributed by atoms with Crippen molar-refractivity contribution in [1.29, 1.82) is 0 Å². The maximum absolute atomic E-state index is 11.9. The fourth-order valence-electron chi connectivity index (χ4n) is 2.14. The number of methoxy groups -OCH3 is 1. The normalized spacial score (nSPS) is 10.3. The summed E-state index contributed by atoms with van der Waals surface area (Å²) in [4.78, 5) is 23.7. The summed E-state index contributed by atoms with van der Waals surface area (Å²) < 4.78 is 5.04. The number of benzene rings is 2. The van der Waals surface area contributed by atoms with E-state index in [9.17, 15) is 14.7 Å². The van der Waals surface area contributed by atoms with E-state index >= 15 is 0 Å². The number of hydrogen-bond donors (Lipinski definition) is 3. The molecule has 0 aliphatic rings. The topological polar surface area (TPSA) is 100 Å². The Labute approximate surface area is 151 Å². The second-order valence-corrected chi connectivity index (χ2v) is 5.23. The summed E-state index contributed by atoms with van der Waals surface area (Å²) in [5.41, 5.74) is 3.63. The van der Waals surface area contributed by atoms with Crippen LogP contribution in [0.4, 0.5) is 5.69 Å². The first kappa shape index (κ1) is 18.7. The van der Waals surface area contributed by atoms with E-state index in [0.29, 0.717) is 29.0 Å². The number of hydrogen-bond acceptors (Lipinski definition) is 5. The van der Waals surface area contributed by atoms with E-state index in [1.165, 1.54) is 13.3 Å². The van der Waals surface area contributed by atoms with Gasteiger partial charge in [0.05, 0.1) is 13.3 Å². The van der Waals surface area contributed by atoms with Gasteiger partial charge in [0.15, 0.2) is 0 Å². The molecule has 2 aromatic rings. The molecule has 0 heterocycles. The molecule has 2 rings (SSSR count). The van der Waals surface area contributed by atoms with Crippen LogP contribution in [0.3, 0.4) is 0 Å². The van der Waals surface area contributed by atoms with Gasteiger partial charge in [-0.05, 0) is 30.2 Å². The molecular weight excluding hydrogens is 334 g/mol. The van der Waals surface area contributed by atoms with Gasteiger partial charge in [-0.2, -0.15) is 5.10 Å². The van der Waals surface area contributed by atoms with Gasteiger partial charge in [-0.3, -0.25) is 9.59 Å². The van der Waals surface area contributed by atoms with Crippen molar-refractivity contribution in [3.8, 4) is 11.5 Å². The van der Waals surface area contributed by atoms with Gasteiger partial charge in [-0.15, -0.1) is 6.58 Å². The maximum atomic E-state index is 11.9. The van der Waals surface area contributed by atoms with Crippen LogP contribution in [-0.2, 0) is 16.0 Å². The first-order chi connectivity index (χ1) is 12.5. The van der Waals surface area contributed by atoms with Crippen LogP contribution in [0.25, 0.3) is 0 Å². The Morgan fingerprint density at radius 3 is 2.73 bits per heavy atom. The minimum absolute atomic E-state index is 0.0474. The highest BCUT2D eigenvalue weighted by Crippen LogP contribution is 2.21. The number of aromatic hydroxyl groups is 1. The summed E-state index contributed by atoms with van der Waals surface area (Å²) in [6, 6.07) is 11.7. The van der Waals surface area contributed by atoms with Crippen molar-refractivity contribution >= 4 is 23.7 Å². The molecule has 0 unspecified atom stereocenters. The predicted octanol–water partition coefficient (Wildman–Crippen LogP) is 2.22. The lowest BCUT2D eigenvalue weighted by Crippen LogP contribution is -2.32. The van der Waals surface area contributed by atoms with E-state index in [-0.39, 0.29) is 5.75 Å². The van der Waals surface area contributed by atoms with E-state index in [1.54, 1.807) is 48.5 Å². The Morgan fingerprint density at radius 1 is 1.23 bits per heavy atom. The lowest BCUT2D eigenvalue weighted by molar-refractivity contribution is -0.136. The number of anilines is 1. The SMILES string of the molecule is C=CCc1cccc(/C=N/NC(=O)C(=O)Nc2cccc(OC)c2)c1O. The van der Waals surface area contributed by atoms with E-state index in [2.05, 4.69) is 22.4 Å². The van der Waals surface area contributed by atoms with Crippen molar-refractivity contribution in [3.63, 3.8) is 0 Å². The molecule has 0 fully saturated rings. The standard InChI is InChI=1S/C19H19N3O4/c1-3-6-13-7-4-8-14(17(13)23)12-20-22-19(25)18(24)21-15-9-5-10-16(11-15)26-2/h3-5,7-12,23H,1,6H2,2H3,(H,21,24)(H,22,25)/b20-12+. The second kappa shape index (κ2) is 9.03. The third-order valence-corrected chi connectivity index (χ3v) is 3.42. The van der Waals surface area contributed by atoms with Gasteiger partial charge in [0.2, 0.25) is 0 Å². The smallest absolute Gasteiger partial charge is 0.329 e. The monoisotopic (exact) mass is 353 g/mol. The van der Waals surface area contributed by atoms with Gasteiger partial charge in [-0.1, -0.05) is 24.3 Å². The number of hydrazone groups is 1. The molecule has 7 nitrogen and oxygen atoms in total. The minimum atomic E-state index is -0.939. The number of carbonyl (C=O) groups is 2. The molecule has 2 amide bonds. The van der Waals surface area contributed by atoms with Gasteiger partial charge in [0.25, 0.3) is 0 Å². The third-order valence-electron chi connectivity index (χ3n) is 3.42. The Morgan fingerprint density at radius 2 is 2.00 bits per heavy atom. The molecule has 26 heavy (non-hydrogen) atoms. The summed E-state index contributed by atoms with van der Waals surface area (Å²) in [5, 5.41) is 16.2. The third kappa shape index (κ3) is 4.94. The zero-order valence-electron chi connectivity index (χ0n) is 14.2. The molecule has 0 atom stereocenters. The summed E-state index contributed by atoms with van der Waals surface area (Å²) in [7, 11) is 1.50. The first-order valence-corrected chi connectivity index (χ1v) is 7.75. The second-order valence-electron chi connectivity index (χ2n) is 5.23. The highest BCUT2D eigenvalue weighted by molar-refractivity contribution is 6.39. The summed E-state index contributed by atoms with van der Waals surface area (Å²) in [6.45, 7) is 3.62. The van der Waals surface area contributed by atoms with Gasteiger partial charge < -0.3 is 15.2 Å². The Bertz CT molecular complexity index is 846. The largest absolute Gasteiger partial charge is 0.507 e. The average molecular weight is 353 g/mol. The van der Waals surface area contributed by atoms with Crippen molar-refractivity contribution in [2.24, 2.45) is 5.10 Å². The number of para-hydroxylation sites is 1. The van der Waals surface area contributed by atoms with Crippen LogP contribution in [0, 0.1) is 0 Å². The Hall–Kier alpha value is -3.61. The van der Waals surface area contributed by atoms with E-state index in [1.807, 2.05) is 0 Å². The Balaban J connectivity index is 1.97. The molecule has 3 N–H and O–H groups in total. The highest BCUT2D eigenvalue weighted by atomic mass is 16.5. The molecule has 0 spiro atoms. The number of ether oxygens (including phenoxy) is 1. The molecule has 134 valence electrons. The number of nitrogens with zero attached hydrogens (tertiary/aromatic N) is 1. The zero-order chi connectivity index (χ0) is 18.9. The number of amides is 2. The van der Waals surface area contributed by atoms with Gasteiger partial charge in [-0.25, -0.2) is 5.43 Å². The van der Waals surface area contributed by atoms with Crippen molar-refractivity contribution in [2.45, 2.75) is 6.42 Å². The van der Waals surface area contributed by atoms with Crippen molar-refractivity contribution < 1.29 is 19.4 Å². The fourth-order valence-corrected chi connectivity index (χ4v) is 2.14. The molecule has 7 heteroatoms. The summed E-state index contributed by atoms with van der Waals surface area (Å²) in [6.07, 6.45) is 3.43. The molecule has 0 saturated heterocycles. The number of rotatable bonds is 6. The van der Waals surface area contributed by atoms with Crippen molar-refractivity contribution in [1.82, 2.24) is 5.43 Å². The van der Waals surface area contributed by atoms with Crippen LogP contribution in [0.5, 0.6) is 11.5 Å². The van der Waals surface area contributed by atoms with Crippen LogP contribution in [0.1, 0.15) is 11.1 Å². The van der Waals surface area contributed by atoms with E-state index < -0.39 is 11.8 Å². The lowest BCUT2D eigenvalue weighted by atomic mass is 10.1. The zero-order valence-corrected chi connectivity index (χ0v) is 14.2. The summed E-state index contributed by atoms with van der Waals surface area (Å²) in [5.74, 6) is -1.21. The van der Waals surface area contributed by atoms with Crippen molar-refractivity contribution in [2.75, 3.05) is 12.4 Å². The van der Waals surface area contributed by atoms with Crippen LogP contribution in [0.15, 0.2) is 60.2 Å². The molecule has 0 saturated carbocycles. The Kier molecular flexibility index (Phi) is 6.50. The molecule has 2 aromatic carbocycles. The maximum Gasteiger partial charge on any atom is 0.329 e. The fraction of sp³-hybridized carbons (Fsp3) is 0.105. The van der Waals surface area contributed by atoms with E-state index in [4.69, 9.17) is 4.74 Å². The molecular formula is C19H19N3O4. The molecule has 0 aromatic heterocycles. The number of nitrogens with one attached hydrogen (secondary N) is 2. The van der Waals surface area contributed by atoms with Crippen LogP contribution in [-0.4, -0.2) is 30.2 Å². The minimum Gasteiger partial charge on any atom is -0.507 e. The van der Waals surface area contributed by atoms with Crippen molar-refractivity contribution in [3.05, 3.63) is 66.2 Å². The molecule has 0 aliphatic heterocycles.